The van der Waals surface area contributed by atoms with Crippen molar-refractivity contribution in [2.45, 2.75) is 19.4 Å². The van der Waals surface area contributed by atoms with E-state index in [1.54, 1.807) is 49.3 Å². The van der Waals surface area contributed by atoms with Gasteiger partial charge in [0.2, 0.25) is 0 Å². The summed E-state index contributed by atoms with van der Waals surface area (Å²) in [4.78, 5) is 26.9. The van der Waals surface area contributed by atoms with Crippen LogP contribution in [0.2, 0.25) is 0 Å². The summed E-state index contributed by atoms with van der Waals surface area (Å²) in [5.74, 6) is 1.20. The van der Waals surface area contributed by atoms with Crippen LogP contribution in [-0.4, -0.2) is 38.2 Å². The average Bonchev–Trinajstić information content (AvgIpc) is 2.84. The minimum Gasteiger partial charge on any atom is -0.493 e. The Hall–Kier alpha value is -4.00. The molecule has 4 rings (SSSR count). The molecule has 170 valence electrons. The van der Waals surface area contributed by atoms with Gasteiger partial charge in [0, 0.05) is 18.3 Å². The molecule has 1 aliphatic rings. The molecular weight excluding hydrogens is 420 g/mol. The van der Waals surface area contributed by atoms with Crippen LogP contribution < -0.4 is 24.4 Å². The minimum absolute atomic E-state index is 0.0829. The van der Waals surface area contributed by atoms with E-state index in [0.29, 0.717) is 35.2 Å². The first-order valence-corrected chi connectivity index (χ1v) is 10.8. The molecule has 0 saturated heterocycles. The van der Waals surface area contributed by atoms with Gasteiger partial charge in [0.1, 0.15) is 5.75 Å². The van der Waals surface area contributed by atoms with Gasteiger partial charge in [0.25, 0.3) is 11.8 Å². The smallest absolute Gasteiger partial charge is 0.267 e. The van der Waals surface area contributed by atoms with Crippen LogP contribution in [0.4, 0.5) is 11.4 Å². The Labute approximate surface area is 192 Å². The molecule has 0 bridgehead atoms. The maximum absolute atomic E-state index is 12.7. The Balaban J connectivity index is 1.42. The second-order valence-corrected chi connectivity index (χ2v) is 7.66. The van der Waals surface area contributed by atoms with Crippen LogP contribution in [-0.2, 0) is 16.0 Å². The molecule has 1 unspecified atom stereocenters. The normalized spacial score (nSPS) is 14.8. The summed E-state index contributed by atoms with van der Waals surface area (Å²) in [6.45, 7) is 2.10. The molecule has 0 radical (unpaired) electrons. The largest absolute Gasteiger partial charge is 0.493 e. The maximum atomic E-state index is 12.7. The fourth-order valence-corrected chi connectivity index (χ4v) is 3.68. The number of anilines is 2. The number of carbonyl (C=O) groups excluding carboxylic acids is 2. The van der Waals surface area contributed by atoms with Crippen LogP contribution in [0.1, 0.15) is 12.5 Å². The molecule has 0 fully saturated rings. The maximum Gasteiger partial charge on any atom is 0.267 e. The first-order valence-electron chi connectivity index (χ1n) is 10.8. The molecule has 33 heavy (non-hydrogen) atoms. The van der Waals surface area contributed by atoms with Gasteiger partial charge in [-0.15, -0.1) is 0 Å². The molecule has 1 N–H and O–H groups in total. The van der Waals surface area contributed by atoms with E-state index in [0.717, 1.165) is 12.0 Å². The molecule has 1 atom stereocenters. The Morgan fingerprint density at radius 2 is 1.76 bits per heavy atom. The topological polar surface area (TPSA) is 77.1 Å². The Bertz CT molecular complexity index is 1130. The predicted molar refractivity (Wildman–Crippen MR) is 126 cm³/mol. The molecule has 3 aromatic rings. The zero-order valence-corrected chi connectivity index (χ0v) is 18.6. The van der Waals surface area contributed by atoms with Gasteiger partial charge in [-0.05, 0) is 43.2 Å². The van der Waals surface area contributed by atoms with E-state index in [2.05, 4.69) is 5.32 Å². The molecule has 0 spiro atoms. The van der Waals surface area contributed by atoms with Crippen molar-refractivity contribution >= 4 is 23.2 Å². The molecule has 3 aromatic carbocycles. The number of carbonyl (C=O) groups is 2. The van der Waals surface area contributed by atoms with Gasteiger partial charge in [-0.25, -0.2) is 0 Å². The zero-order chi connectivity index (χ0) is 23.2. The number of amides is 2. The molecule has 7 heteroatoms. The van der Waals surface area contributed by atoms with E-state index >= 15 is 0 Å². The van der Waals surface area contributed by atoms with Crippen LogP contribution in [0.5, 0.6) is 17.2 Å². The summed E-state index contributed by atoms with van der Waals surface area (Å²) in [7, 11) is 1.55. The van der Waals surface area contributed by atoms with E-state index < -0.39 is 6.10 Å². The number of para-hydroxylation sites is 2. The number of nitrogens with one attached hydrogen (secondary N) is 1. The highest BCUT2D eigenvalue weighted by molar-refractivity contribution is 6.00. The number of benzene rings is 3. The monoisotopic (exact) mass is 446 g/mol. The highest BCUT2D eigenvalue weighted by atomic mass is 16.5. The molecule has 2 amide bonds. The summed E-state index contributed by atoms with van der Waals surface area (Å²) in [6, 6.07) is 22.4. The van der Waals surface area contributed by atoms with Gasteiger partial charge >= 0.3 is 0 Å². The SMILES string of the molecule is COc1ccccc1OCC(=O)Nc1ccc2c(c1)OC(C)C(=O)N2CCc1ccccc1. The molecule has 1 aliphatic heterocycles. The molecule has 0 aliphatic carbocycles. The van der Waals surface area contributed by atoms with Crippen LogP contribution in [0.15, 0.2) is 72.8 Å². The summed E-state index contributed by atoms with van der Waals surface area (Å²) in [6.07, 6.45) is 0.130. The highest BCUT2D eigenvalue weighted by Crippen LogP contribution is 2.36. The molecule has 0 saturated carbocycles. The van der Waals surface area contributed by atoms with E-state index in [1.165, 1.54) is 0 Å². The standard InChI is InChI=1S/C26H26N2O5/c1-18-26(30)28(15-14-19-8-4-3-5-9-19)21-13-12-20(16-24(21)33-18)27-25(29)17-32-23-11-7-6-10-22(23)31-2/h3-13,16,18H,14-15,17H2,1-2H3,(H,27,29). The first kappa shape index (κ1) is 22.2. The second kappa shape index (κ2) is 10.1. The van der Waals surface area contributed by atoms with Gasteiger partial charge in [-0.3, -0.25) is 9.59 Å². The van der Waals surface area contributed by atoms with Gasteiger partial charge in [-0.2, -0.15) is 0 Å². The third-order valence-corrected chi connectivity index (χ3v) is 5.35. The lowest BCUT2D eigenvalue weighted by molar-refractivity contribution is -0.125. The summed E-state index contributed by atoms with van der Waals surface area (Å²) in [5.41, 5.74) is 2.41. The Morgan fingerprint density at radius 3 is 2.52 bits per heavy atom. The quantitative estimate of drug-likeness (QED) is 0.565. The summed E-state index contributed by atoms with van der Waals surface area (Å²) in [5, 5.41) is 2.81. The van der Waals surface area contributed by atoms with Gasteiger partial charge in [0.05, 0.1) is 12.8 Å². The third-order valence-electron chi connectivity index (χ3n) is 5.35. The lowest BCUT2D eigenvalue weighted by Gasteiger charge is -2.33. The highest BCUT2D eigenvalue weighted by Gasteiger charge is 2.31. The number of fused-ring (bicyclic) bond motifs is 1. The Morgan fingerprint density at radius 1 is 1.03 bits per heavy atom. The van der Waals surface area contributed by atoms with Crippen molar-refractivity contribution in [2.24, 2.45) is 0 Å². The van der Waals surface area contributed by atoms with Crippen LogP contribution in [0.3, 0.4) is 0 Å². The number of methoxy groups -OCH3 is 1. The van der Waals surface area contributed by atoms with Crippen molar-refractivity contribution in [1.29, 1.82) is 0 Å². The fraction of sp³-hybridized carbons (Fsp3) is 0.231. The summed E-state index contributed by atoms with van der Waals surface area (Å²) < 4.78 is 16.6. The predicted octanol–water partition coefficient (Wildman–Crippen LogP) is 4.07. The van der Waals surface area contributed by atoms with Crippen molar-refractivity contribution in [3.8, 4) is 17.2 Å². The van der Waals surface area contributed by atoms with Crippen molar-refractivity contribution in [3.05, 3.63) is 78.4 Å². The van der Waals surface area contributed by atoms with Crippen LogP contribution in [0.25, 0.3) is 0 Å². The Kier molecular flexibility index (Phi) is 6.78. The van der Waals surface area contributed by atoms with Crippen molar-refractivity contribution in [2.75, 3.05) is 30.5 Å². The lowest BCUT2D eigenvalue weighted by Crippen LogP contribution is -2.45. The molecule has 7 nitrogen and oxygen atoms in total. The van der Waals surface area contributed by atoms with Gasteiger partial charge in [0.15, 0.2) is 24.2 Å². The fourth-order valence-electron chi connectivity index (χ4n) is 3.68. The van der Waals surface area contributed by atoms with Gasteiger partial charge < -0.3 is 24.4 Å². The van der Waals surface area contributed by atoms with E-state index in [1.807, 2.05) is 42.5 Å². The van der Waals surface area contributed by atoms with Crippen molar-refractivity contribution in [3.63, 3.8) is 0 Å². The minimum atomic E-state index is -0.604. The van der Waals surface area contributed by atoms with E-state index in [9.17, 15) is 9.59 Å². The van der Waals surface area contributed by atoms with Crippen LogP contribution in [0, 0.1) is 0 Å². The second-order valence-electron chi connectivity index (χ2n) is 7.66. The van der Waals surface area contributed by atoms with Crippen molar-refractivity contribution < 1.29 is 23.8 Å². The number of rotatable bonds is 8. The third kappa shape index (κ3) is 5.26. The van der Waals surface area contributed by atoms with Crippen LogP contribution >= 0.6 is 0 Å². The van der Waals surface area contributed by atoms with E-state index in [-0.39, 0.29) is 18.4 Å². The van der Waals surface area contributed by atoms with E-state index in [4.69, 9.17) is 14.2 Å². The lowest BCUT2D eigenvalue weighted by atomic mass is 10.1. The van der Waals surface area contributed by atoms with Crippen molar-refractivity contribution in [1.82, 2.24) is 0 Å². The number of ether oxygens (including phenoxy) is 3. The number of hydrogen-bond donors (Lipinski definition) is 1. The zero-order valence-electron chi connectivity index (χ0n) is 18.6. The first-order chi connectivity index (χ1) is 16.0. The average molecular weight is 447 g/mol. The number of hydrogen-bond acceptors (Lipinski definition) is 5. The molecular formula is C26H26N2O5. The van der Waals surface area contributed by atoms with Gasteiger partial charge in [-0.1, -0.05) is 42.5 Å². The number of nitrogens with zero attached hydrogens (tertiary/aromatic N) is 1. The molecule has 1 heterocycles. The summed E-state index contributed by atoms with van der Waals surface area (Å²) >= 11 is 0. The molecule has 0 aromatic heterocycles.